The van der Waals surface area contributed by atoms with Crippen molar-refractivity contribution in [3.8, 4) is 5.88 Å². The van der Waals surface area contributed by atoms with E-state index in [2.05, 4.69) is 25.4 Å². The second-order valence-corrected chi connectivity index (χ2v) is 7.03. The molecule has 2 aromatic heterocycles. The third-order valence-electron chi connectivity index (χ3n) is 3.92. The van der Waals surface area contributed by atoms with E-state index in [1.807, 2.05) is 19.9 Å². The van der Waals surface area contributed by atoms with Gasteiger partial charge in [-0.15, -0.1) is 21.5 Å². The number of ether oxygens (including phenoxy) is 1. The van der Waals surface area contributed by atoms with Crippen LogP contribution in [0.4, 0.5) is 5.82 Å². The number of carbonyl (C=O) groups is 1. The van der Waals surface area contributed by atoms with E-state index in [1.54, 1.807) is 17.4 Å². The highest BCUT2D eigenvalue weighted by Crippen LogP contribution is 2.18. The summed E-state index contributed by atoms with van der Waals surface area (Å²) in [6.45, 7) is 6.36. The number of amides is 1. The molecule has 1 aliphatic heterocycles. The number of aryl methyl sites for hydroxylation is 2. The molecule has 8 heteroatoms. The van der Waals surface area contributed by atoms with Gasteiger partial charge in [-0.05, 0) is 32.8 Å². The number of nitrogens with one attached hydrogen (secondary N) is 1. The summed E-state index contributed by atoms with van der Waals surface area (Å²) in [4.78, 5) is 19.6. The summed E-state index contributed by atoms with van der Waals surface area (Å²) in [6, 6.07) is 3.63. The number of anilines is 1. The first-order valence-electron chi connectivity index (χ1n) is 8.03. The number of carbonyl (C=O) groups excluding carboxylic acids is 1. The molecule has 3 heterocycles. The van der Waals surface area contributed by atoms with Gasteiger partial charge in [0, 0.05) is 24.0 Å². The minimum atomic E-state index is -0.203. The summed E-state index contributed by atoms with van der Waals surface area (Å²) in [6.07, 6.45) is 2.39. The van der Waals surface area contributed by atoms with Crippen molar-refractivity contribution in [1.82, 2.24) is 20.5 Å². The molecule has 0 saturated carbocycles. The van der Waals surface area contributed by atoms with Crippen LogP contribution in [-0.4, -0.2) is 40.8 Å². The molecule has 7 nitrogen and oxygen atoms in total. The molecule has 0 aromatic carbocycles. The first-order valence-corrected chi connectivity index (χ1v) is 8.84. The van der Waals surface area contributed by atoms with E-state index < -0.39 is 0 Å². The van der Waals surface area contributed by atoms with Crippen LogP contribution in [0.2, 0.25) is 0 Å². The number of thiazole rings is 1. The zero-order valence-corrected chi connectivity index (χ0v) is 14.7. The molecule has 2 aromatic rings. The van der Waals surface area contributed by atoms with Gasteiger partial charge in [-0.3, -0.25) is 4.79 Å². The molecule has 0 aliphatic carbocycles. The molecule has 0 radical (unpaired) electrons. The van der Waals surface area contributed by atoms with Crippen molar-refractivity contribution in [3.63, 3.8) is 0 Å². The SMILES string of the molecule is Cc1nc(CNC(=O)COc2ccc(N3CCCC3)nn2)sc1C. The maximum Gasteiger partial charge on any atom is 0.258 e. The van der Waals surface area contributed by atoms with Crippen LogP contribution in [0.25, 0.3) is 0 Å². The van der Waals surface area contributed by atoms with Crippen LogP contribution in [0.15, 0.2) is 12.1 Å². The van der Waals surface area contributed by atoms with Crippen LogP contribution in [-0.2, 0) is 11.3 Å². The highest BCUT2D eigenvalue weighted by atomic mass is 32.1. The highest BCUT2D eigenvalue weighted by Gasteiger charge is 2.14. The largest absolute Gasteiger partial charge is 0.466 e. The summed E-state index contributed by atoms with van der Waals surface area (Å²) in [7, 11) is 0. The van der Waals surface area contributed by atoms with E-state index in [0.29, 0.717) is 12.4 Å². The molecule has 1 aliphatic rings. The smallest absolute Gasteiger partial charge is 0.258 e. The molecule has 0 bridgehead atoms. The molecule has 0 spiro atoms. The van der Waals surface area contributed by atoms with Gasteiger partial charge in [-0.25, -0.2) is 4.98 Å². The van der Waals surface area contributed by atoms with Gasteiger partial charge in [0.1, 0.15) is 5.01 Å². The molecule has 3 rings (SSSR count). The molecule has 0 atom stereocenters. The summed E-state index contributed by atoms with van der Waals surface area (Å²) >= 11 is 1.59. The molecule has 1 saturated heterocycles. The molecule has 0 unspecified atom stereocenters. The lowest BCUT2D eigenvalue weighted by Crippen LogP contribution is -2.28. The predicted octanol–water partition coefficient (Wildman–Crippen LogP) is 1.85. The Morgan fingerprint density at radius 3 is 2.71 bits per heavy atom. The van der Waals surface area contributed by atoms with Crippen molar-refractivity contribution in [2.45, 2.75) is 33.2 Å². The van der Waals surface area contributed by atoms with Gasteiger partial charge in [-0.2, -0.15) is 0 Å². The lowest BCUT2D eigenvalue weighted by atomic mass is 10.4. The Morgan fingerprint density at radius 1 is 1.29 bits per heavy atom. The van der Waals surface area contributed by atoms with Crippen molar-refractivity contribution < 1.29 is 9.53 Å². The minimum Gasteiger partial charge on any atom is -0.466 e. The standard InChI is InChI=1S/C16H21N5O2S/c1-11-12(2)24-16(18-11)9-17-14(22)10-23-15-6-5-13(19-20-15)21-7-3-4-8-21/h5-6H,3-4,7-10H2,1-2H3,(H,17,22). The Balaban J connectivity index is 1.43. The fraction of sp³-hybridized carbons (Fsp3) is 0.500. The van der Waals surface area contributed by atoms with Crippen molar-refractivity contribution in [3.05, 3.63) is 27.7 Å². The number of nitrogens with zero attached hydrogens (tertiary/aromatic N) is 4. The van der Waals surface area contributed by atoms with E-state index in [1.165, 1.54) is 17.7 Å². The van der Waals surface area contributed by atoms with Crippen molar-refractivity contribution in [2.24, 2.45) is 0 Å². The van der Waals surface area contributed by atoms with Crippen LogP contribution in [0, 0.1) is 13.8 Å². The first kappa shape index (κ1) is 16.6. The van der Waals surface area contributed by atoms with Crippen LogP contribution >= 0.6 is 11.3 Å². The van der Waals surface area contributed by atoms with Gasteiger partial charge in [0.15, 0.2) is 12.4 Å². The number of hydrogen-bond donors (Lipinski definition) is 1. The van der Waals surface area contributed by atoms with E-state index in [9.17, 15) is 4.79 Å². The van der Waals surface area contributed by atoms with Gasteiger partial charge in [-0.1, -0.05) is 0 Å². The van der Waals surface area contributed by atoms with Crippen LogP contribution in [0.1, 0.15) is 28.4 Å². The molecule has 128 valence electrons. The quantitative estimate of drug-likeness (QED) is 0.859. The van der Waals surface area contributed by atoms with Gasteiger partial charge in [0.05, 0.1) is 12.2 Å². The third-order valence-corrected chi connectivity index (χ3v) is 4.99. The monoisotopic (exact) mass is 347 g/mol. The van der Waals surface area contributed by atoms with Crippen molar-refractivity contribution in [2.75, 3.05) is 24.6 Å². The first-order chi connectivity index (χ1) is 11.6. The molecular weight excluding hydrogens is 326 g/mol. The fourth-order valence-corrected chi connectivity index (χ4v) is 3.36. The van der Waals surface area contributed by atoms with E-state index in [0.717, 1.165) is 29.6 Å². The molecule has 1 fully saturated rings. The second kappa shape index (κ2) is 7.57. The zero-order chi connectivity index (χ0) is 16.9. The summed E-state index contributed by atoms with van der Waals surface area (Å²) in [5.74, 6) is 1.01. The topological polar surface area (TPSA) is 80.2 Å². The van der Waals surface area contributed by atoms with E-state index in [-0.39, 0.29) is 12.5 Å². The van der Waals surface area contributed by atoms with E-state index in [4.69, 9.17) is 4.74 Å². The lowest BCUT2D eigenvalue weighted by molar-refractivity contribution is -0.123. The Bertz CT molecular complexity index is 675. The highest BCUT2D eigenvalue weighted by molar-refractivity contribution is 7.11. The summed E-state index contributed by atoms with van der Waals surface area (Å²) in [5, 5.41) is 11.9. The average molecular weight is 347 g/mol. The predicted molar refractivity (Wildman–Crippen MR) is 92.4 cm³/mol. The second-order valence-electron chi connectivity index (χ2n) is 5.74. The fourth-order valence-electron chi connectivity index (χ4n) is 2.48. The Hall–Kier alpha value is -2.22. The summed E-state index contributed by atoms with van der Waals surface area (Å²) < 4.78 is 5.38. The van der Waals surface area contributed by atoms with Gasteiger partial charge in [0.25, 0.3) is 5.91 Å². The third kappa shape index (κ3) is 4.19. The number of aromatic nitrogens is 3. The lowest BCUT2D eigenvalue weighted by Gasteiger charge is -2.15. The molecular formula is C16H21N5O2S. The zero-order valence-electron chi connectivity index (χ0n) is 13.9. The van der Waals surface area contributed by atoms with Gasteiger partial charge >= 0.3 is 0 Å². The summed E-state index contributed by atoms with van der Waals surface area (Å²) in [5.41, 5.74) is 1.01. The van der Waals surface area contributed by atoms with E-state index >= 15 is 0 Å². The Morgan fingerprint density at radius 2 is 2.08 bits per heavy atom. The molecule has 1 amide bonds. The maximum absolute atomic E-state index is 11.8. The normalized spacial score (nSPS) is 14.0. The van der Waals surface area contributed by atoms with Crippen molar-refractivity contribution >= 4 is 23.1 Å². The van der Waals surface area contributed by atoms with Gasteiger partial charge in [0.2, 0.25) is 5.88 Å². The number of rotatable bonds is 6. The molecule has 1 N–H and O–H groups in total. The Labute approximate surface area is 145 Å². The van der Waals surface area contributed by atoms with Crippen LogP contribution < -0.4 is 15.0 Å². The molecule has 24 heavy (non-hydrogen) atoms. The van der Waals surface area contributed by atoms with Crippen LogP contribution in [0.3, 0.4) is 0 Å². The number of hydrogen-bond acceptors (Lipinski definition) is 7. The minimum absolute atomic E-state index is 0.0823. The average Bonchev–Trinajstić information content (AvgIpc) is 3.22. The van der Waals surface area contributed by atoms with Gasteiger partial charge < -0.3 is 15.0 Å². The van der Waals surface area contributed by atoms with Crippen LogP contribution in [0.5, 0.6) is 5.88 Å². The maximum atomic E-state index is 11.8. The Kier molecular flexibility index (Phi) is 5.24. The van der Waals surface area contributed by atoms with Crippen molar-refractivity contribution in [1.29, 1.82) is 0 Å².